The number of aromatic nitrogens is 4. The zero-order valence-corrected chi connectivity index (χ0v) is 27.2. The Bertz CT molecular complexity index is 2860. The first-order valence-corrected chi connectivity index (χ1v) is 17.2. The molecule has 0 aliphatic heterocycles. The summed E-state index contributed by atoms with van der Waals surface area (Å²) < 4.78 is 6.99. The minimum atomic E-state index is 0.921. The Morgan fingerprint density at radius 3 is 1.46 bits per heavy atom. The largest absolute Gasteiger partial charge is 0.309 e. The van der Waals surface area contributed by atoms with Gasteiger partial charge in [-0.25, -0.2) is 4.98 Å². The molecule has 0 radical (unpaired) electrons. The highest BCUT2D eigenvalue weighted by Crippen LogP contribution is 2.41. The molecule has 0 spiro atoms. The van der Waals surface area contributed by atoms with Gasteiger partial charge in [-0.2, -0.15) is 0 Å². The molecular weight excluding hydrogens is 609 g/mol. The lowest BCUT2D eigenvalue weighted by Gasteiger charge is -2.13. The fraction of sp³-hybridized carbons (Fsp3) is 0.0217. The molecule has 0 atom stereocenters. The summed E-state index contributed by atoms with van der Waals surface area (Å²) in [5.74, 6) is 0.921. The lowest BCUT2D eigenvalue weighted by Crippen LogP contribution is -1.99. The quantitative estimate of drug-likeness (QED) is 0.188. The number of nitrogens with zero attached hydrogens (tertiary/aromatic N) is 4. The highest BCUT2D eigenvalue weighted by molar-refractivity contribution is 6.10. The molecule has 11 rings (SSSR count). The molecule has 0 unspecified atom stereocenters. The zero-order valence-electron chi connectivity index (χ0n) is 27.2. The predicted molar refractivity (Wildman–Crippen MR) is 206 cm³/mol. The van der Waals surface area contributed by atoms with E-state index in [4.69, 9.17) is 4.98 Å². The van der Waals surface area contributed by atoms with Crippen molar-refractivity contribution in [3.05, 3.63) is 181 Å². The number of fused-ring (bicyclic) bond motifs is 9. The molecule has 1 aliphatic carbocycles. The summed E-state index contributed by atoms with van der Waals surface area (Å²) in [5.41, 5.74) is 14.7. The monoisotopic (exact) mass is 638 g/mol. The van der Waals surface area contributed by atoms with Crippen molar-refractivity contribution in [2.24, 2.45) is 0 Å². The molecule has 50 heavy (non-hydrogen) atoms. The van der Waals surface area contributed by atoms with E-state index in [-0.39, 0.29) is 0 Å². The number of para-hydroxylation sites is 4. The van der Waals surface area contributed by atoms with Crippen LogP contribution in [0.3, 0.4) is 0 Å². The van der Waals surface area contributed by atoms with Crippen molar-refractivity contribution in [3.8, 4) is 39.6 Å². The van der Waals surface area contributed by atoms with Gasteiger partial charge in [0, 0.05) is 56.6 Å². The molecule has 1 aliphatic rings. The second-order valence-electron chi connectivity index (χ2n) is 13.3. The van der Waals surface area contributed by atoms with Gasteiger partial charge in [0.2, 0.25) is 0 Å². The molecule has 10 aromatic rings. The average Bonchev–Trinajstić information content (AvgIpc) is 3.95. The van der Waals surface area contributed by atoms with Gasteiger partial charge < -0.3 is 9.13 Å². The third kappa shape index (κ3) is 3.90. The summed E-state index contributed by atoms with van der Waals surface area (Å²) in [6.45, 7) is 0. The zero-order chi connectivity index (χ0) is 32.8. The molecule has 0 fully saturated rings. The van der Waals surface area contributed by atoms with Crippen LogP contribution in [-0.2, 0) is 6.42 Å². The van der Waals surface area contributed by atoms with Crippen molar-refractivity contribution in [2.75, 3.05) is 0 Å². The molecule has 0 saturated carbocycles. The number of imidazole rings is 1. The van der Waals surface area contributed by atoms with Crippen LogP contribution in [0.15, 0.2) is 170 Å². The van der Waals surface area contributed by atoms with Crippen LogP contribution < -0.4 is 0 Å². The third-order valence-electron chi connectivity index (χ3n) is 10.6. The maximum Gasteiger partial charge on any atom is 0.144 e. The van der Waals surface area contributed by atoms with E-state index >= 15 is 0 Å². The fourth-order valence-corrected chi connectivity index (χ4v) is 8.34. The van der Waals surface area contributed by atoms with Crippen LogP contribution in [0.2, 0.25) is 0 Å². The van der Waals surface area contributed by atoms with Gasteiger partial charge in [-0.3, -0.25) is 4.57 Å². The Morgan fingerprint density at radius 1 is 0.420 bits per heavy atom. The second-order valence-corrected chi connectivity index (χ2v) is 13.3. The average molecular weight is 639 g/mol. The Morgan fingerprint density at radius 2 is 0.900 bits per heavy atom. The first-order chi connectivity index (χ1) is 24.8. The first-order valence-electron chi connectivity index (χ1n) is 17.2. The second kappa shape index (κ2) is 10.4. The summed E-state index contributed by atoms with van der Waals surface area (Å²) in [7, 11) is 0. The minimum Gasteiger partial charge on any atom is -0.309 e. The molecule has 0 saturated heterocycles. The van der Waals surface area contributed by atoms with Gasteiger partial charge in [0.15, 0.2) is 0 Å². The van der Waals surface area contributed by atoms with E-state index in [1.165, 1.54) is 71.6 Å². The van der Waals surface area contributed by atoms with Gasteiger partial charge in [0.05, 0.1) is 22.1 Å². The van der Waals surface area contributed by atoms with E-state index < -0.39 is 0 Å². The fourth-order valence-electron chi connectivity index (χ4n) is 8.34. The Hall–Kier alpha value is -6.65. The molecule has 4 heteroatoms. The van der Waals surface area contributed by atoms with Gasteiger partial charge in [-0.15, -0.1) is 0 Å². The van der Waals surface area contributed by atoms with E-state index in [0.29, 0.717) is 0 Å². The highest BCUT2D eigenvalue weighted by atomic mass is 15.1. The van der Waals surface area contributed by atoms with Crippen molar-refractivity contribution >= 4 is 43.6 Å². The maximum absolute atomic E-state index is 4.90. The molecule has 4 nitrogen and oxygen atoms in total. The normalized spacial score (nSPS) is 12.3. The Labute approximate surface area is 288 Å². The summed E-state index contributed by atoms with van der Waals surface area (Å²) >= 11 is 0. The van der Waals surface area contributed by atoms with E-state index in [1.54, 1.807) is 0 Å². The molecule has 3 heterocycles. The van der Waals surface area contributed by atoms with Crippen LogP contribution in [0.25, 0.3) is 83.2 Å². The summed E-state index contributed by atoms with van der Waals surface area (Å²) in [6.07, 6.45) is 4.93. The predicted octanol–water partition coefficient (Wildman–Crippen LogP) is 11.3. The molecule has 0 N–H and O–H groups in total. The van der Waals surface area contributed by atoms with Crippen molar-refractivity contribution in [3.63, 3.8) is 0 Å². The molecule has 0 amide bonds. The Balaban J connectivity index is 1.02. The SMILES string of the molecule is c1cc(-c2nccn2-c2ccc3c(c2)-c2cc(-n4c5ccccc5c5ccccc54)ccc2C3)cc(-n2c3ccccc3c3ccccc32)c1. The molecule has 0 bridgehead atoms. The lowest BCUT2D eigenvalue weighted by molar-refractivity contribution is 1.06. The molecule has 234 valence electrons. The smallest absolute Gasteiger partial charge is 0.144 e. The standard InChI is InChI=1S/C46H30N4/c1-5-16-42-36(12-1)37-13-2-6-17-43(37)49(42)34-11-9-10-32(27-34)46-47-24-25-48(46)33-22-20-30-26-31-21-23-35(29-41(31)40(30)28-33)50-44-18-7-3-14-38(44)39-15-4-8-19-45(39)50/h1-25,27-29H,26H2. The molecule has 3 aromatic heterocycles. The van der Waals surface area contributed by atoms with Gasteiger partial charge in [-0.1, -0.05) is 97.1 Å². The van der Waals surface area contributed by atoms with E-state index in [9.17, 15) is 0 Å². The number of rotatable bonds is 4. The van der Waals surface area contributed by atoms with Crippen molar-refractivity contribution < 1.29 is 0 Å². The van der Waals surface area contributed by atoms with Crippen LogP contribution >= 0.6 is 0 Å². The third-order valence-corrected chi connectivity index (χ3v) is 10.6. The van der Waals surface area contributed by atoms with Crippen LogP contribution in [0.1, 0.15) is 11.1 Å². The van der Waals surface area contributed by atoms with E-state index in [2.05, 4.69) is 178 Å². The number of benzene rings is 7. The van der Waals surface area contributed by atoms with Crippen LogP contribution in [0.5, 0.6) is 0 Å². The summed E-state index contributed by atoms with van der Waals surface area (Å²) in [6, 6.07) is 57.4. The van der Waals surface area contributed by atoms with Crippen LogP contribution in [-0.4, -0.2) is 18.7 Å². The maximum atomic E-state index is 4.90. The van der Waals surface area contributed by atoms with Crippen molar-refractivity contribution in [2.45, 2.75) is 6.42 Å². The van der Waals surface area contributed by atoms with Gasteiger partial charge in [0.25, 0.3) is 0 Å². The Kier molecular flexibility index (Phi) is 5.69. The van der Waals surface area contributed by atoms with Crippen LogP contribution in [0, 0.1) is 0 Å². The number of hydrogen-bond donors (Lipinski definition) is 0. The topological polar surface area (TPSA) is 27.7 Å². The van der Waals surface area contributed by atoms with E-state index in [1.807, 2.05) is 6.20 Å². The van der Waals surface area contributed by atoms with E-state index in [0.717, 1.165) is 29.2 Å². The van der Waals surface area contributed by atoms with Crippen molar-refractivity contribution in [1.82, 2.24) is 18.7 Å². The summed E-state index contributed by atoms with van der Waals surface area (Å²) in [5, 5.41) is 5.08. The molecule has 7 aromatic carbocycles. The minimum absolute atomic E-state index is 0.921. The van der Waals surface area contributed by atoms with Crippen LogP contribution in [0.4, 0.5) is 0 Å². The number of hydrogen-bond acceptors (Lipinski definition) is 1. The lowest BCUT2D eigenvalue weighted by atomic mass is 10.0. The summed E-state index contributed by atoms with van der Waals surface area (Å²) in [4.78, 5) is 4.90. The highest BCUT2D eigenvalue weighted by Gasteiger charge is 2.22. The van der Waals surface area contributed by atoms with Gasteiger partial charge in [0.1, 0.15) is 5.82 Å². The first kappa shape index (κ1) is 27.3. The molecular formula is C46H30N4. The van der Waals surface area contributed by atoms with Crippen molar-refractivity contribution in [1.29, 1.82) is 0 Å². The van der Waals surface area contributed by atoms with Gasteiger partial charge >= 0.3 is 0 Å². The van der Waals surface area contributed by atoms with Gasteiger partial charge in [-0.05, 0) is 89.3 Å².